The summed E-state index contributed by atoms with van der Waals surface area (Å²) in [5.74, 6) is 0. The van der Waals surface area contributed by atoms with Gasteiger partial charge in [0.2, 0.25) is 0 Å². The number of aryl methyl sites for hydroxylation is 1. The van der Waals surface area contributed by atoms with Gasteiger partial charge in [-0.2, -0.15) is 5.10 Å². The highest BCUT2D eigenvalue weighted by Gasteiger charge is 2.17. The first-order valence-corrected chi connectivity index (χ1v) is 4.07. The van der Waals surface area contributed by atoms with Crippen molar-refractivity contribution in [3.63, 3.8) is 0 Å². The van der Waals surface area contributed by atoms with Crippen molar-refractivity contribution in [3.8, 4) is 0 Å². The summed E-state index contributed by atoms with van der Waals surface area (Å²) in [5, 5.41) is 3.67. The highest BCUT2D eigenvalue weighted by Crippen LogP contribution is 2.21. The van der Waals surface area contributed by atoms with Crippen LogP contribution in [0.15, 0.2) is 6.20 Å². The maximum absolute atomic E-state index is 12.4. The van der Waals surface area contributed by atoms with Crippen molar-refractivity contribution in [1.82, 2.24) is 9.78 Å². The average molecular weight is 189 g/mol. The molecule has 0 amide bonds. The van der Waals surface area contributed by atoms with Gasteiger partial charge in [-0.1, -0.05) is 0 Å². The molecule has 1 atom stereocenters. The van der Waals surface area contributed by atoms with E-state index < -0.39 is 6.43 Å². The first-order valence-electron chi connectivity index (χ1n) is 4.07. The fraction of sp³-hybridized carbons (Fsp3) is 0.625. The van der Waals surface area contributed by atoms with Gasteiger partial charge in [-0.15, -0.1) is 0 Å². The molecular formula is C8H13F2N3. The molecular weight excluding hydrogens is 176 g/mol. The fourth-order valence-corrected chi connectivity index (χ4v) is 1.24. The van der Waals surface area contributed by atoms with E-state index in [-0.39, 0.29) is 11.7 Å². The number of nitrogens with two attached hydrogens (primary N) is 1. The van der Waals surface area contributed by atoms with E-state index in [0.717, 1.165) is 0 Å². The minimum absolute atomic E-state index is 0.123. The number of halogens is 2. The molecule has 0 spiro atoms. The Morgan fingerprint density at radius 2 is 2.23 bits per heavy atom. The summed E-state index contributed by atoms with van der Waals surface area (Å²) < 4.78 is 26.1. The van der Waals surface area contributed by atoms with Crippen LogP contribution in [0.3, 0.4) is 0 Å². The number of rotatable bonds is 3. The lowest BCUT2D eigenvalue weighted by Gasteiger charge is -2.03. The van der Waals surface area contributed by atoms with E-state index in [4.69, 9.17) is 5.73 Å². The maximum atomic E-state index is 12.4. The number of nitrogens with zero attached hydrogens (tertiary/aromatic N) is 2. The zero-order valence-corrected chi connectivity index (χ0v) is 7.67. The second-order valence-corrected chi connectivity index (χ2v) is 3.20. The Morgan fingerprint density at radius 3 is 2.69 bits per heavy atom. The van der Waals surface area contributed by atoms with Crippen LogP contribution >= 0.6 is 0 Å². The highest BCUT2D eigenvalue weighted by atomic mass is 19.3. The van der Waals surface area contributed by atoms with E-state index >= 15 is 0 Å². The van der Waals surface area contributed by atoms with E-state index in [1.807, 2.05) is 0 Å². The van der Waals surface area contributed by atoms with Crippen molar-refractivity contribution in [2.24, 2.45) is 12.8 Å². The van der Waals surface area contributed by atoms with Crippen molar-refractivity contribution in [2.45, 2.75) is 25.8 Å². The van der Waals surface area contributed by atoms with Gasteiger partial charge in [0.05, 0.1) is 0 Å². The molecule has 0 saturated heterocycles. The van der Waals surface area contributed by atoms with E-state index in [0.29, 0.717) is 12.0 Å². The second kappa shape index (κ2) is 3.83. The Hall–Kier alpha value is -0.970. The summed E-state index contributed by atoms with van der Waals surface area (Å²) in [6, 6.07) is -0.123. The standard InChI is InChI=1S/C8H13F2N3/c1-5(11)3-6-4-13(2)12-7(6)8(9)10/h4-5,8H,3,11H2,1-2H3/t5-/m1/s1. The van der Waals surface area contributed by atoms with Gasteiger partial charge < -0.3 is 5.73 Å². The zero-order chi connectivity index (χ0) is 10.0. The Labute approximate surface area is 75.5 Å². The molecule has 0 radical (unpaired) electrons. The molecule has 0 aromatic carbocycles. The quantitative estimate of drug-likeness (QED) is 0.777. The highest BCUT2D eigenvalue weighted by molar-refractivity contribution is 5.19. The Bertz CT molecular complexity index is 281. The first kappa shape index (κ1) is 10.1. The second-order valence-electron chi connectivity index (χ2n) is 3.20. The van der Waals surface area contributed by atoms with Crippen LogP contribution in [0.5, 0.6) is 0 Å². The lowest BCUT2D eigenvalue weighted by Crippen LogP contribution is -2.18. The molecule has 0 unspecified atom stereocenters. The zero-order valence-electron chi connectivity index (χ0n) is 7.67. The third-order valence-electron chi connectivity index (χ3n) is 1.69. The normalized spacial score (nSPS) is 13.7. The summed E-state index contributed by atoms with van der Waals surface area (Å²) in [6.45, 7) is 1.78. The molecule has 0 saturated carbocycles. The summed E-state index contributed by atoms with van der Waals surface area (Å²) in [5.41, 5.74) is 5.90. The van der Waals surface area contributed by atoms with Crippen LogP contribution in [0.2, 0.25) is 0 Å². The Balaban J connectivity index is 2.91. The first-order chi connectivity index (χ1) is 6.00. The van der Waals surface area contributed by atoms with Crippen molar-refractivity contribution in [1.29, 1.82) is 0 Å². The molecule has 5 heteroatoms. The molecule has 0 aliphatic heterocycles. The predicted octanol–water partition coefficient (Wildman–Crippen LogP) is 1.25. The summed E-state index contributed by atoms with van der Waals surface area (Å²) in [6.07, 6.45) is -0.492. The van der Waals surface area contributed by atoms with Crippen LogP contribution in [-0.2, 0) is 13.5 Å². The Morgan fingerprint density at radius 1 is 1.62 bits per heavy atom. The van der Waals surface area contributed by atoms with Crippen LogP contribution in [0.4, 0.5) is 8.78 Å². The predicted molar refractivity (Wildman–Crippen MR) is 45.5 cm³/mol. The van der Waals surface area contributed by atoms with Gasteiger partial charge in [0.25, 0.3) is 6.43 Å². The SMILES string of the molecule is C[C@@H](N)Cc1cn(C)nc1C(F)F. The molecule has 0 aliphatic carbocycles. The van der Waals surface area contributed by atoms with Crippen LogP contribution in [0.25, 0.3) is 0 Å². The molecule has 3 nitrogen and oxygen atoms in total. The van der Waals surface area contributed by atoms with Gasteiger partial charge in [-0.25, -0.2) is 8.78 Å². The number of hydrogen-bond donors (Lipinski definition) is 1. The summed E-state index contributed by atoms with van der Waals surface area (Å²) in [7, 11) is 1.62. The minimum Gasteiger partial charge on any atom is -0.328 e. The third-order valence-corrected chi connectivity index (χ3v) is 1.69. The van der Waals surface area contributed by atoms with Crippen LogP contribution in [0.1, 0.15) is 24.6 Å². The van der Waals surface area contributed by atoms with Crippen LogP contribution in [0, 0.1) is 0 Å². The monoisotopic (exact) mass is 189 g/mol. The molecule has 1 rings (SSSR count). The number of hydrogen-bond acceptors (Lipinski definition) is 2. The van der Waals surface area contributed by atoms with Gasteiger partial charge in [0, 0.05) is 24.8 Å². The third kappa shape index (κ3) is 2.48. The van der Waals surface area contributed by atoms with Gasteiger partial charge in [-0.05, 0) is 13.3 Å². The lowest BCUT2D eigenvalue weighted by atomic mass is 10.1. The van der Waals surface area contributed by atoms with E-state index in [9.17, 15) is 8.78 Å². The molecule has 0 fully saturated rings. The van der Waals surface area contributed by atoms with E-state index in [2.05, 4.69) is 5.10 Å². The van der Waals surface area contributed by atoms with Gasteiger partial charge in [-0.3, -0.25) is 4.68 Å². The molecule has 1 aromatic rings. The van der Waals surface area contributed by atoms with Gasteiger partial charge in [0.1, 0.15) is 5.69 Å². The van der Waals surface area contributed by atoms with Crippen molar-refractivity contribution < 1.29 is 8.78 Å². The van der Waals surface area contributed by atoms with Crippen LogP contribution < -0.4 is 5.73 Å². The molecule has 13 heavy (non-hydrogen) atoms. The van der Waals surface area contributed by atoms with Gasteiger partial charge >= 0.3 is 0 Å². The topological polar surface area (TPSA) is 43.8 Å². The van der Waals surface area contributed by atoms with Crippen molar-refractivity contribution in [3.05, 3.63) is 17.5 Å². The van der Waals surface area contributed by atoms with E-state index in [1.165, 1.54) is 4.68 Å². The van der Waals surface area contributed by atoms with Crippen molar-refractivity contribution >= 4 is 0 Å². The van der Waals surface area contributed by atoms with Crippen molar-refractivity contribution in [2.75, 3.05) is 0 Å². The number of aromatic nitrogens is 2. The molecule has 0 bridgehead atoms. The molecule has 1 aromatic heterocycles. The smallest absolute Gasteiger partial charge is 0.282 e. The lowest BCUT2D eigenvalue weighted by molar-refractivity contribution is 0.144. The molecule has 74 valence electrons. The maximum Gasteiger partial charge on any atom is 0.282 e. The van der Waals surface area contributed by atoms with Gasteiger partial charge in [0.15, 0.2) is 0 Å². The average Bonchev–Trinajstić information content (AvgIpc) is 2.29. The number of alkyl halides is 2. The minimum atomic E-state index is -2.52. The Kier molecular flexibility index (Phi) is 2.98. The summed E-state index contributed by atoms with van der Waals surface area (Å²) in [4.78, 5) is 0. The van der Waals surface area contributed by atoms with Crippen LogP contribution in [-0.4, -0.2) is 15.8 Å². The molecule has 2 N–H and O–H groups in total. The largest absolute Gasteiger partial charge is 0.328 e. The fourth-order valence-electron chi connectivity index (χ4n) is 1.24. The molecule has 0 aliphatic rings. The molecule has 1 heterocycles. The summed E-state index contributed by atoms with van der Waals surface area (Å²) >= 11 is 0. The van der Waals surface area contributed by atoms with E-state index in [1.54, 1.807) is 20.2 Å².